The largest absolute Gasteiger partial charge is 0.331 e. The lowest BCUT2D eigenvalue weighted by Gasteiger charge is -2.25. The molecule has 0 N–H and O–H groups in total. The van der Waals surface area contributed by atoms with Crippen LogP contribution in [0.3, 0.4) is 0 Å². The van der Waals surface area contributed by atoms with Gasteiger partial charge in [0, 0.05) is 13.1 Å². The second kappa shape index (κ2) is 5.67. The number of rotatable bonds is 5. The van der Waals surface area contributed by atoms with Gasteiger partial charge in [0.2, 0.25) is 0 Å². The minimum atomic E-state index is 0.434. The molecule has 1 rings (SSSR count). The Balaban J connectivity index is 2.32. The maximum Gasteiger partial charge on any atom is 0.171 e. The first-order chi connectivity index (χ1) is 6.29. The van der Waals surface area contributed by atoms with E-state index in [0.29, 0.717) is 4.17 Å². The topological polar surface area (TPSA) is 18.8 Å². The quantitative estimate of drug-likeness (QED) is 0.441. The molecule has 3 nitrogen and oxygen atoms in total. The van der Waals surface area contributed by atoms with Crippen LogP contribution in [0, 0.1) is 0 Å². The Hall–Kier alpha value is 0. The number of hydrogen-bond acceptors (Lipinski definition) is 3. The van der Waals surface area contributed by atoms with E-state index in [0.717, 1.165) is 13.1 Å². The average molecular weight is 295 g/mol. The lowest BCUT2D eigenvalue weighted by molar-refractivity contribution is 0.216. The molecule has 0 bridgehead atoms. The number of unbranched alkanes of at least 4 members (excludes halogenated alkanes) is 1. The number of hydrogen-bond donors (Lipinski definition) is 0. The molecule has 1 heterocycles. The smallest absolute Gasteiger partial charge is 0.171 e. The van der Waals surface area contributed by atoms with Crippen LogP contribution in [0.4, 0.5) is 0 Å². The third-order valence-electron chi connectivity index (χ3n) is 2.09. The Bertz CT molecular complexity index is 172. The zero-order valence-electron chi connectivity index (χ0n) is 8.41. The van der Waals surface area contributed by atoms with Gasteiger partial charge in [-0.15, -0.1) is 0 Å². The fourth-order valence-corrected chi connectivity index (χ4v) is 2.17. The van der Waals surface area contributed by atoms with Crippen molar-refractivity contribution in [3.8, 4) is 0 Å². The highest BCUT2D eigenvalue weighted by Gasteiger charge is 2.23. The van der Waals surface area contributed by atoms with E-state index in [9.17, 15) is 0 Å². The summed E-state index contributed by atoms with van der Waals surface area (Å²) in [7, 11) is 0. The fourth-order valence-electron chi connectivity index (χ4n) is 1.32. The van der Waals surface area contributed by atoms with Crippen LogP contribution in [0.15, 0.2) is 5.10 Å². The van der Waals surface area contributed by atoms with Crippen LogP contribution in [0.2, 0.25) is 0 Å². The van der Waals surface area contributed by atoms with Crippen molar-refractivity contribution in [1.82, 2.24) is 9.91 Å². The minimum absolute atomic E-state index is 0.434. The predicted molar refractivity (Wildman–Crippen MR) is 64.9 cm³/mol. The highest BCUT2D eigenvalue weighted by molar-refractivity contribution is 14.1. The van der Waals surface area contributed by atoms with E-state index in [1.807, 2.05) is 6.34 Å². The number of halogens is 1. The molecule has 13 heavy (non-hydrogen) atoms. The first kappa shape index (κ1) is 11.1. The maximum absolute atomic E-state index is 4.38. The van der Waals surface area contributed by atoms with Crippen LogP contribution in [-0.4, -0.2) is 33.5 Å². The van der Waals surface area contributed by atoms with E-state index in [-0.39, 0.29) is 0 Å². The van der Waals surface area contributed by atoms with Gasteiger partial charge in [-0.3, -0.25) is 5.01 Å². The lowest BCUT2D eigenvalue weighted by atomic mass is 10.3. The zero-order chi connectivity index (χ0) is 9.68. The van der Waals surface area contributed by atoms with Crippen LogP contribution in [0.25, 0.3) is 0 Å². The van der Waals surface area contributed by atoms with Crippen LogP contribution in [0.5, 0.6) is 0 Å². The van der Waals surface area contributed by atoms with Gasteiger partial charge in [-0.05, 0) is 35.4 Å². The van der Waals surface area contributed by atoms with Crippen molar-refractivity contribution in [1.29, 1.82) is 0 Å². The van der Waals surface area contributed by atoms with Crippen molar-refractivity contribution in [2.45, 2.75) is 37.3 Å². The highest BCUT2D eigenvalue weighted by atomic mass is 127. The summed E-state index contributed by atoms with van der Waals surface area (Å²) >= 11 is 2.45. The molecule has 0 fully saturated rings. The molecule has 0 aliphatic carbocycles. The molecule has 0 saturated heterocycles. The summed E-state index contributed by atoms with van der Waals surface area (Å²) in [6.07, 6.45) is 5.63. The lowest BCUT2D eigenvalue weighted by Crippen LogP contribution is -2.35. The molecule has 0 aromatic rings. The van der Waals surface area contributed by atoms with E-state index in [2.05, 4.69) is 51.4 Å². The highest BCUT2D eigenvalue weighted by Crippen LogP contribution is 2.19. The van der Waals surface area contributed by atoms with E-state index >= 15 is 0 Å². The van der Waals surface area contributed by atoms with Crippen LogP contribution in [0.1, 0.15) is 33.1 Å². The standard InChI is InChI=1S/C9H18IN3/c1-3-5-7-13-9(10)12(6-4-2)8-11-13/h8-9H,3-7H2,1-2H3. The van der Waals surface area contributed by atoms with Gasteiger partial charge in [-0.1, -0.05) is 20.3 Å². The van der Waals surface area contributed by atoms with Crippen molar-refractivity contribution in [2.24, 2.45) is 5.10 Å². The first-order valence-corrected chi connectivity index (χ1v) is 6.24. The Morgan fingerprint density at radius 2 is 2.08 bits per heavy atom. The molecule has 1 atom stereocenters. The minimum Gasteiger partial charge on any atom is -0.331 e. The van der Waals surface area contributed by atoms with E-state index in [1.54, 1.807) is 0 Å². The summed E-state index contributed by atoms with van der Waals surface area (Å²) in [6, 6.07) is 0. The van der Waals surface area contributed by atoms with Crippen molar-refractivity contribution < 1.29 is 0 Å². The van der Waals surface area contributed by atoms with Crippen LogP contribution in [-0.2, 0) is 0 Å². The van der Waals surface area contributed by atoms with Crippen molar-refractivity contribution in [3.63, 3.8) is 0 Å². The number of alkyl halides is 1. The molecule has 1 unspecified atom stereocenters. The van der Waals surface area contributed by atoms with Gasteiger partial charge in [-0.2, -0.15) is 5.10 Å². The third-order valence-corrected chi connectivity index (χ3v) is 3.45. The number of nitrogens with zero attached hydrogens (tertiary/aromatic N) is 3. The first-order valence-electron chi connectivity index (χ1n) is 5.00. The Labute approximate surface area is 94.3 Å². The molecule has 76 valence electrons. The van der Waals surface area contributed by atoms with Crippen LogP contribution >= 0.6 is 22.6 Å². The molecule has 0 saturated carbocycles. The van der Waals surface area contributed by atoms with Gasteiger partial charge in [0.05, 0.1) is 0 Å². The Kier molecular flexibility index (Phi) is 4.83. The summed E-state index contributed by atoms with van der Waals surface area (Å²) in [5, 5.41) is 6.55. The number of hydrazone groups is 1. The van der Waals surface area contributed by atoms with Crippen molar-refractivity contribution in [2.75, 3.05) is 13.1 Å². The van der Waals surface area contributed by atoms with Crippen molar-refractivity contribution >= 4 is 28.9 Å². The van der Waals surface area contributed by atoms with Gasteiger partial charge in [0.15, 0.2) is 4.17 Å². The van der Waals surface area contributed by atoms with Gasteiger partial charge < -0.3 is 4.90 Å². The molecular formula is C9H18IN3. The third kappa shape index (κ3) is 3.00. The van der Waals surface area contributed by atoms with Gasteiger partial charge in [0.1, 0.15) is 6.34 Å². The maximum atomic E-state index is 4.38. The summed E-state index contributed by atoms with van der Waals surface area (Å²) in [5.74, 6) is 0. The SMILES string of the molecule is CCCCN1N=CN(CCC)C1I. The zero-order valence-corrected chi connectivity index (χ0v) is 10.6. The van der Waals surface area contributed by atoms with E-state index < -0.39 is 0 Å². The molecule has 1 aliphatic rings. The summed E-state index contributed by atoms with van der Waals surface area (Å²) in [6.45, 7) is 6.61. The summed E-state index contributed by atoms with van der Waals surface area (Å²) in [4.78, 5) is 2.29. The van der Waals surface area contributed by atoms with Crippen LogP contribution < -0.4 is 0 Å². The monoisotopic (exact) mass is 295 g/mol. The van der Waals surface area contributed by atoms with E-state index in [4.69, 9.17) is 0 Å². The second-order valence-electron chi connectivity index (χ2n) is 3.30. The molecule has 0 aromatic carbocycles. The fraction of sp³-hybridized carbons (Fsp3) is 0.889. The molecule has 0 amide bonds. The van der Waals surface area contributed by atoms with Gasteiger partial charge in [-0.25, -0.2) is 0 Å². The molecule has 4 heteroatoms. The van der Waals surface area contributed by atoms with E-state index in [1.165, 1.54) is 19.3 Å². The molecule has 1 aliphatic heterocycles. The van der Waals surface area contributed by atoms with Crippen molar-refractivity contribution in [3.05, 3.63) is 0 Å². The summed E-state index contributed by atoms with van der Waals surface area (Å²) in [5.41, 5.74) is 0. The predicted octanol–water partition coefficient (Wildman–Crippen LogP) is 2.48. The average Bonchev–Trinajstić information content (AvgIpc) is 2.46. The molecule has 0 spiro atoms. The van der Waals surface area contributed by atoms with Gasteiger partial charge in [0.25, 0.3) is 0 Å². The molecule has 0 aromatic heterocycles. The second-order valence-corrected chi connectivity index (χ2v) is 4.41. The molecule has 0 radical (unpaired) electrons. The van der Waals surface area contributed by atoms with Gasteiger partial charge >= 0.3 is 0 Å². The summed E-state index contributed by atoms with van der Waals surface area (Å²) < 4.78 is 0.434. The molecular weight excluding hydrogens is 277 g/mol. The Morgan fingerprint density at radius 1 is 1.31 bits per heavy atom. The normalized spacial score (nSPS) is 21.6. The Morgan fingerprint density at radius 3 is 2.69 bits per heavy atom.